The Balaban J connectivity index is 3.95. The molecule has 0 aromatic carbocycles. The molecule has 0 saturated carbocycles. The summed E-state index contributed by atoms with van der Waals surface area (Å²) in [6.07, 6.45) is 0.486. The highest BCUT2D eigenvalue weighted by Crippen LogP contribution is 2.24. The number of nitriles is 2. The highest BCUT2D eigenvalue weighted by atomic mass is 79.9. The molecule has 54 valence electrons. The number of nitrogens with zero attached hydrogens (tertiary/aromatic N) is 2. The van der Waals surface area contributed by atoms with Crippen LogP contribution in [0.3, 0.4) is 0 Å². The minimum Gasteiger partial charge on any atom is -0.197 e. The van der Waals surface area contributed by atoms with E-state index < -0.39 is 4.32 Å². The molecule has 10 heavy (non-hydrogen) atoms. The zero-order valence-corrected chi connectivity index (χ0v) is 8.61. The van der Waals surface area contributed by atoms with Crippen LogP contribution in [0, 0.1) is 22.7 Å². The maximum Gasteiger partial charge on any atom is 0.111 e. The van der Waals surface area contributed by atoms with Gasteiger partial charge in [0.1, 0.15) is 9.15 Å². The molecular formula is C6H6Br2N2. The Bertz CT molecular complexity index is 187. The normalized spacial score (nSPS) is 18.1. The zero-order chi connectivity index (χ0) is 8.20. The van der Waals surface area contributed by atoms with Gasteiger partial charge in [-0.25, -0.2) is 0 Å². The Morgan fingerprint density at radius 3 is 2.40 bits per heavy atom. The molecule has 0 heterocycles. The Morgan fingerprint density at radius 2 is 2.10 bits per heavy atom. The molecule has 0 aliphatic rings. The fourth-order valence-corrected chi connectivity index (χ4v) is 1.83. The second-order valence-electron chi connectivity index (χ2n) is 2.11. The molecule has 0 bridgehead atoms. The summed E-state index contributed by atoms with van der Waals surface area (Å²) in [6.45, 7) is 1.73. The molecule has 0 aliphatic carbocycles. The Labute approximate surface area is 77.1 Å². The second kappa shape index (κ2) is 3.95. The largest absolute Gasteiger partial charge is 0.197 e. The Morgan fingerprint density at radius 1 is 1.60 bits per heavy atom. The lowest BCUT2D eigenvalue weighted by Gasteiger charge is -2.11. The van der Waals surface area contributed by atoms with Gasteiger partial charge in [-0.3, -0.25) is 0 Å². The third-order valence-electron chi connectivity index (χ3n) is 0.936. The first-order chi connectivity index (χ1) is 4.52. The lowest BCUT2D eigenvalue weighted by Crippen LogP contribution is -2.17. The summed E-state index contributed by atoms with van der Waals surface area (Å²) >= 11 is 6.29. The van der Waals surface area contributed by atoms with Gasteiger partial charge >= 0.3 is 0 Å². The van der Waals surface area contributed by atoms with E-state index in [0.717, 1.165) is 0 Å². The molecule has 0 N–H and O–H groups in total. The third-order valence-corrected chi connectivity index (χ3v) is 1.97. The summed E-state index contributed by atoms with van der Waals surface area (Å²) in [7, 11) is 0. The molecule has 0 aliphatic heterocycles. The van der Waals surface area contributed by atoms with Crippen molar-refractivity contribution in [2.24, 2.45) is 0 Å². The van der Waals surface area contributed by atoms with E-state index in [4.69, 9.17) is 10.5 Å². The first kappa shape index (κ1) is 9.94. The highest BCUT2D eigenvalue weighted by molar-refractivity contribution is 9.10. The van der Waals surface area contributed by atoms with E-state index in [1.807, 2.05) is 12.1 Å². The number of hydrogen-bond acceptors (Lipinski definition) is 2. The maximum atomic E-state index is 8.51. The first-order valence-electron chi connectivity index (χ1n) is 2.65. The van der Waals surface area contributed by atoms with E-state index in [0.29, 0.717) is 6.42 Å². The van der Waals surface area contributed by atoms with Gasteiger partial charge in [0.15, 0.2) is 0 Å². The van der Waals surface area contributed by atoms with Crippen LogP contribution < -0.4 is 0 Å². The van der Waals surface area contributed by atoms with Gasteiger partial charge in [-0.05, 0) is 6.92 Å². The summed E-state index contributed by atoms with van der Waals surface area (Å²) in [5, 5.41) is 16.9. The number of rotatable bonds is 2. The summed E-state index contributed by atoms with van der Waals surface area (Å²) in [5.74, 6) is 0. The van der Waals surface area contributed by atoms with Crippen LogP contribution in [-0.2, 0) is 0 Å². The van der Waals surface area contributed by atoms with Crippen LogP contribution in [0.4, 0.5) is 0 Å². The van der Waals surface area contributed by atoms with Crippen molar-refractivity contribution >= 4 is 31.9 Å². The van der Waals surface area contributed by atoms with E-state index in [1.165, 1.54) is 0 Å². The smallest absolute Gasteiger partial charge is 0.111 e. The van der Waals surface area contributed by atoms with Gasteiger partial charge in [0.25, 0.3) is 0 Å². The van der Waals surface area contributed by atoms with Crippen molar-refractivity contribution < 1.29 is 0 Å². The molecule has 0 aromatic rings. The maximum absolute atomic E-state index is 8.51. The number of hydrogen-bond donors (Lipinski definition) is 0. The van der Waals surface area contributed by atoms with Gasteiger partial charge in [0.05, 0.1) is 12.1 Å². The summed E-state index contributed by atoms with van der Waals surface area (Å²) < 4.78 is -0.586. The topological polar surface area (TPSA) is 47.6 Å². The van der Waals surface area contributed by atoms with Gasteiger partial charge in [-0.1, -0.05) is 31.9 Å². The van der Waals surface area contributed by atoms with Crippen molar-refractivity contribution in [3.8, 4) is 12.1 Å². The summed E-state index contributed by atoms with van der Waals surface area (Å²) in [5.41, 5.74) is 0. The summed E-state index contributed by atoms with van der Waals surface area (Å²) in [6, 6.07) is 4.03. The predicted octanol–water partition coefficient (Wildman–Crippen LogP) is 2.34. The van der Waals surface area contributed by atoms with Crippen molar-refractivity contribution in [2.75, 3.05) is 0 Å². The van der Waals surface area contributed by atoms with Gasteiger partial charge in [0, 0.05) is 6.42 Å². The fraction of sp³-hybridized carbons (Fsp3) is 0.667. The number of halogens is 2. The van der Waals surface area contributed by atoms with Crippen molar-refractivity contribution in [3.63, 3.8) is 0 Å². The Kier molecular flexibility index (Phi) is 3.93. The van der Waals surface area contributed by atoms with E-state index in [2.05, 4.69) is 31.9 Å². The first-order valence-corrected chi connectivity index (χ1v) is 4.36. The molecule has 0 amide bonds. The average molecular weight is 266 g/mol. The van der Waals surface area contributed by atoms with Crippen molar-refractivity contribution in [1.82, 2.24) is 0 Å². The molecule has 0 rings (SSSR count). The molecule has 0 spiro atoms. The monoisotopic (exact) mass is 264 g/mol. The van der Waals surface area contributed by atoms with Gasteiger partial charge in [-0.15, -0.1) is 0 Å². The van der Waals surface area contributed by atoms with Gasteiger partial charge in [0.2, 0.25) is 0 Å². The molecule has 0 fully saturated rings. The molecule has 2 atom stereocenters. The van der Waals surface area contributed by atoms with Crippen LogP contribution in [0.15, 0.2) is 0 Å². The minimum absolute atomic E-state index is 0.253. The molecule has 2 unspecified atom stereocenters. The van der Waals surface area contributed by atoms with Gasteiger partial charge < -0.3 is 0 Å². The highest BCUT2D eigenvalue weighted by Gasteiger charge is 2.22. The van der Waals surface area contributed by atoms with Crippen molar-refractivity contribution in [3.05, 3.63) is 0 Å². The fourth-order valence-electron chi connectivity index (χ4n) is 0.428. The average Bonchev–Trinajstić information content (AvgIpc) is 1.87. The Hall–Kier alpha value is -0.0600. The lowest BCUT2D eigenvalue weighted by molar-refractivity contribution is 0.755. The lowest BCUT2D eigenvalue weighted by atomic mass is 10.1. The van der Waals surface area contributed by atoms with Crippen LogP contribution in [0.5, 0.6) is 0 Å². The van der Waals surface area contributed by atoms with Crippen molar-refractivity contribution in [2.45, 2.75) is 22.5 Å². The van der Waals surface area contributed by atoms with Crippen LogP contribution in [0.2, 0.25) is 0 Å². The number of alkyl halides is 2. The molecule has 0 radical (unpaired) electrons. The van der Waals surface area contributed by atoms with E-state index in [1.54, 1.807) is 6.92 Å². The van der Waals surface area contributed by atoms with Crippen molar-refractivity contribution in [1.29, 1.82) is 10.5 Å². The van der Waals surface area contributed by atoms with E-state index >= 15 is 0 Å². The zero-order valence-electron chi connectivity index (χ0n) is 5.43. The molecule has 4 heteroatoms. The standard InChI is InChI=1S/C6H6Br2N2/c1-6(8,4-10)2-5(7)3-9/h5H,2H2,1H3. The van der Waals surface area contributed by atoms with Gasteiger partial charge in [-0.2, -0.15) is 10.5 Å². The van der Waals surface area contributed by atoms with Crippen LogP contribution >= 0.6 is 31.9 Å². The second-order valence-corrected chi connectivity index (χ2v) is 4.97. The molecule has 0 saturated heterocycles. The molecular weight excluding hydrogens is 260 g/mol. The quantitative estimate of drug-likeness (QED) is 0.720. The molecule has 0 aromatic heterocycles. The molecule has 2 nitrogen and oxygen atoms in total. The van der Waals surface area contributed by atoms with Crippen LogP contribution in [-0.4, -0.2) is 9.15 Å². The minimum atomic E-state index is -0.586. The van der Waals surface area contributed by atoms with Crippen LogP contribution in [0.1, 0.15) is 13.3 Å². The van der Waals surface area contributed by atoms with E-state index in [-0.39, 0.29) is 4.83 Å². The third kappa shape index (κ3) is 3.87. The summed E-state index contributed by atoms with van der Waals surface area (Å²) in [4.78, 5) is -0.253. The SMILES string of the molecule is CC(Br)(C#N)CC(Br)C#N. The van der Waals surface area contributed by atoms with E-state index in [9.17, 15) is 0 Å². The predicted molar refractivity (Wildman–Crippen MR) is 45.9 cm³/mol. The van der Waals surface area contributed by atoms with Crippen LogP contribution in [0.25, 0.3) is 0 Å².